The number of Topliss-reactive ketones (excluding diaryl/α,β-unsaturated/α-hetero) is 3. The first kappa shape index (κ1) is 55.7. The highest BCUT2D eigenvalue weighted by molar-refractivity contribution is 6.09. The van der Waals surface area contributed by atoms with Gasteiger partial charge < -0.3 is 38.8 Å². The number of aliphatic hydroxyl groups is 2. The number of hydrogen-bond donors (Lipinski definition) is 2. The molecule has 4 heterocycles. The first-order valence-corrected chi connectivity index (χ1v) is 25.0. The minimum Gasteiger partial charge on any atom is -0.460 e. The number of allylic oxidation sites excluding steroid dienone is 6. The van der Waals surface area contributed by atoms with E-state index < -0.39 is 77.8 Å². The normalized spacial score (nSPS) is 38.8. The number of rotatable bonds is 7. The molecule has 2 bridgehead atoms. The Morgan fingerprint density at radius 3 is 2.30 bits per heavy atom. The molecular weight excluding hydrogens is 887 g/mol. The lowest BCUT2D eigenvalue weighted by Crippen LogP contribution is -2.62. The molecule has 17 nitrogen and oxygen atoms in total. The van der Waals surface area contributed by atoms with Crippen LogP contribution in [0.1, 0.15) is 132 Å². The lowest BCUT2D eigenvalue weighted by molar-refractivity contribution is -0.231. The van der Waals surface area contributed by atoms with Crippen molar-refractivity contribution in [1.29, 1.82) is 0 Å². The lowest BCUT2D eigenvalue weighted by Gasteiger charge is -2.40. The zero-order chi connectivity index (χ0) is 50.6. The third kappa shape index (κ3) is 14.2. The number of fused-ring (bicyclic) bond motifs is 3. The summed E-state index contributed by atoms with van der Waals surface area (Å²) in [5.41, 5.74) is 1.24. The van der Waals surface area contributed by atoms with E-state index in [9.17, 15) is 34.2 Å². The van der Waals surface area contributed by atoms with Crippen molar-refractivity contribution in [1.82, 2.24) is 25.1 Å². The SMILES string of the molecule is COC1C(=O)[C@@H](C)C[C@H](C)/C=C/C=C/C=C(\C)[C@@H](OC)CC2CC[C@@H](C)C(=O)C(O)(O2)C(=O)N2CCCCC2C(=O)O[C@H]([C@H](C)C[C@@H]2CC[C@@H](n3cnnn3)[C@H](OC)C2)CC(=O)[C@H](C)/C=C(\C)[C@H]1O. The van der Waals surface area contributed by atoms with E-state index in [0.717, 1.165) is 18.4 Å². The van der Waals surface area contributed by atoms with Crippen molar-refractivity contribution in [3.05, 3.63) is 53.9 Å². The van der Waals surface area contributed by atoms with Crippen molar-refractivity contribution < 1.29 is 57.9 Å². The molecule has 17 heteroatoms. The van der Waals surface area contributed by atoms with Gasteiger partial charge in [0.15, 0.2) is 5.78 Å². The predicted octanol–water partition coefficient (Wildman–Crippen LogP) is 6.05. The highest BCUT2D eigenvalue weighted by Gasteiger charge is 2.55. The number of carbonyl (C=O) groups is 5. The van der Waals surface area contributed by atoms with Crippen LogP contribution >= 0.6 is 0 Å². The lowest BCUT2D eigenvalue weighted by atomic mass is 9.77. The molecular formula is C52H79N5O12. The van der Waals surface area contributed by atoms with Gasteiger partial charge in [-0.1, -0.05) is 71.1 Å². The van der Waals surface area contributed by atoms with Crippen molar-refractivity contribution in [3.8, 4) is 0 Å². The molecule has 4 unspecified atom stereocenters. The molecule has 5 rings (SSSR count). The van der Waals surface area contributed by atoms with Crippen LogP contribution < -0.4 is 0 Å². The van der Waals surface area contributed by atoms with E-state index in [-0.39, 0.29) is 67.3 Å². The number of tetrazole rings is 1. The molecule has 2 N–H and O–H groups in total. The standard InChI is InChI=1S/C52H79N5O12/c1-31-16-12-11-13-17-32(2)43(65-8)28-39-21-19-33(3)49(61)52(64,69-39)51(63)56-23-15-14-18-41(56)50(62)68-44(35(5)26-38-20-22-40(45(27-38)66-9)57-30-53-54-55-57)29-42(58)34(4)25-37(7)47(60)48(67-10)46(59)36(6)24-31/h11-13,16-17,25,30-31,33-36,38-41,43-45,47-48,60,64H,14-15,18-24,26-29H2,1-10H3/b13-11+,16-12+,32-17+,37-25+/t31-,33-,34-,35-,36+,38+,39?,40-,41?,43+,44+,45-,47-,48?,52?/m1/s1. The number of hydrogen-bond acceptors (Lipinski definition) is 15. The fraction of sp³-hybridized carbons (Fsp3) is 0.731. The molecule has 2 saturated heterocycles. The maximum Gasteiger partial charge on any atom is 0.329 e. The third-order valence-electron chi connectivity index (χ3n) is 15.1. The summed E-state index contributed by atoms with van der Waals surface area (Å²) in [4.78, 5) is 72.6. The summed E-state index contributed by atoms with van der Waals surface area (Å²) in [5, 5.41) is 35.4. The Balaban J connectivity index is 1.49. The van der Waals surface area contributed by atoms with E-state index in [4.69, 9.17) is 23.7 Å². The van der Waals surface area contributed by atoms with Crippen LogP contribution in [0.15, 0.2) is 53.9 Å². The number of aromatic nitrogens is 4. The van der Waals surface area contributed by atoms with Crippen molar-refractivity contribution in [2.45, 2.75) is 180 Å². The number of ether oxygens (including phenoxy) is 5. The van der Waals surface area contributed by atoms with Crippen molar-refractivity contribution in [3.63, 3.8) is 0 Å². The summed E-state index contributed by atoms with van der Waals surface area (Å²) >= 11 is 0. The zero-order valence-corrected chi connectivity index (χ0v) is 42.5. The van der Waals surface area contributed by atoms with Gasteiger partial charge in [0.05, 0.1) is 24.4 Å². The molecule has 1 amide bonds. The summed E-state index contributed by atoms with van der Waals surface area (Å²) in [6.07, 6.45) is 13.4. The van der Waals surface area contributed by atoms with Crippen LogP contribution in [0.2, 0.25) is 0 Å². The van der Waals surface area contributed by atoms with Gasteiger partial charge in [-0.15, -0.1) is 5.10 Å². The number of methoxy groups -OCH3 is 3. The Labute approximate surface area is 408 Å². The van der Waals surface area contributed by atoms with Crippen LogP contribution in [-0.4, -0.2) is 141 Å². The summed E-state index contributed by atoms with van der Waals surface area (Å²) in [6, 6.07) is -1.21. The number of esters is 1. The number of aliphatic hydroxyl groups excluding tert-OH is 1. The molecule has 0 spiro atoms. The van der Waals surface area contributed by atoms with E-state index in [1.165, 1.54) is 12.0 Å². The van der Waals surface area contributed by atoms with Crippen molar-refractivity contribution in [2.24, 2.45) is 35.5 Å². The second kappa shape index (κ2) is 25.7. The zero-order valence-electron chi connectivity index (χ0n) is 42.5. The monoisotopic (exact) mass is 966 g/mol. The van der Waals surface area contributed by atoms with Gasteiger partial charge in [-0.25, -0.2) is 9.48 Å². The Hall–Kier alpha value is -4.26. The Bertz CT molecular complexity index is 2020. The van der Waals surface area contributed by atoms with Gasteiger partial charge in [-0.3, -0.25) is 19.2 Å². The van der Waals surface area contributed by atoms with Gasteiger partial charge in [0.2, 0.25) is 5.78 Å². The molecule has 3 fully saturated rings. The number of amides is 1. The molecule has 15 atom stereocenters. The smallest absolute Gasteiger partial charge is 0.329 e. The first-order chi connectivity index (χ1) is 32.8. The molecule has 3 aliphatic heterocycles. The van der Waals surface area contributed by atoms with E-state index in [0.29, 0.717) is 50.5 Å². The van der Waals surface area contributed by atoms with Gasteiger partial charge in [0.1, 0.15) is 36.5 Å². The van der Waals surface area contributed by atoms with Crippen molar-refractivity contribution >= 4 is 29.2 Å². The van der Waals surface area contributed by atoms with Crippen LogP contribution in [0.3, 0.4) is 0 Å². The number of piperidine rings is 1. The van der Waals surface area contributed by atoms with E-state index in [1.54, 1.807) is 52.1 Å². The van der Waals surface area contributed by atoms with E-state index in [2.05, 4.69) is 15.5 Å². The summed E-state index contributed by atoms with van der Waals surface area (Å²) < 4.78 is 31.7. The van der Waals surface area contributed by atoms with Crippen LogP contribution in [0.25, 0.3) is 0 Å². The molecule has 1 aromatic rings. The molecule has 384 valence electrons. The molecule has 4 aliphatic rings. The molecule has 0 radical (unpaired) electrons. The summed E-state index contributed by atoms with van der Waals surface area (Å²) in [7, 11) is 4.61. The minimum absolute atomic E-state index is 0.0124. The minimum atomic E-state index is -2.86. The topological polar surface area (TPSA) is 219 Å². The van der Waals surface area contributed by atoms with Gasteiger partial charge >= 0.3 is 11.8 Å². The number of nitrogens with zero attached hydrogens (tertiary/aromatic N) is 5. The van der Waals surface area contributed by atoms with Crippen molar-refractivity contribution in [2.75, 3.05) is 27.9 Å². The maximum absolute atomic E-state index is 14.7. The highest BCUT2D eigenvalue weighted by Crippen LogP contribution is 2.39. The fourth-order valence-corrected chi connectivity index (χ4v) is 10.7. The van der Waals surface area contributed by atoms with Crippen LogP contribution in [-0.2, 0) is 47.7 Å². The fourth-order valence-electron chi connectivity index (χ4n) is 10.7. The summed E-state index contributed by atoms with van der Waals surface area (Å²) in [6.45, 7) is 12.8. The predicted molar refractivity (Wildman–Crippen MR) is 256 cm³/mol. The van der Waals surface area contributed by atoms with Crippen LogP contribution in [0.4, 0.5) is 0 Å². The molecule has 69 heavy (non-hydrogen) atoms. The summed E-state index contributed by atoms with van der Waals surface area (Å²) in [5.74, 6) is -7.98. The highest BCUT2D eigenvalue weighted by atomic mass is 16.6. The second-order valence-electron chi connectivity index (χ2n) is 20.4. The van der Waals surface area contributed by atoms with E-state index >= 15 is 0 Å². The molecule has 1 aliphatic carbocycles. The largest absolute Gasteiger partial charge is 0.460 e. The number of ketones is 3. The molecule has 1 aromatic heterocycles. The van der Waals surface area contributed by atoms with Gasteiger partial charge in [-0.05, 0) is 117 Å². The first-order valence-electron chi connectivity index (χ1n) is 25.0. The number of cyclic esters (lactones) is 1. The second-order valence-corrected chi connectivity index (χ2v) is 20.4. The van der Waals surface area contributed by atoms with Crippen LogP contribution in [0, 0.1) is 35.5 Å². The van der Waals surface area contributed by atoms with Gasteiger partial charge in [0, 0.05) is 58.5 Å². The molecule has 1 saturated carbocycles. The Morgan fingerprint density at radius 2 is 1.62 bits per heavy atom. The number of carbonyl (C=O) groups excluding carboxylic acids is 5. The van der Waals surface area contributed by atoms with E-state index in [1.807, 2.05) is 58.1 Å². The average molecular weight is 966 g/mol. The van der Waals surface area contributed by atoms with Gasteiger partial charge in [-0.2, -0.15) is 0 Å². The molecule has 0 aromatic carbocycles. The maximum atomic E-state index is 14.7. The average Bonchev–Trinajstić information content (AvgIpc) is 3.85. The third-order valence-corrected chi connectivity index (χ3v) is 15.1. The van der Waals surface area contributed by atoms with Crippen LogP contribution in [0.5, 0.6) is 0 Å². The Kier molecular flexibility index (Phi) is 20.8. The Morgan fingerprint density at radius 1 is 0.870 bits per heavy atom. The van der Waals surface area contributed by atoms with Gasteiger partial charge in [0.25, 0.3) is 5.91 Å². The quantitative estimate of drug-likeness (QED) is 0.181.